The Balaban J connectivity index is 1.64. The van der Waals surface area contributed by atoms with E-state index >= 15 is 0 Å². The number of ether oxygens (including phenoxy) is 2. The van der Waals surface area contributed by atoms with Gasteiger partial charge < -0.3 is 20.1 Å². The molecule has 1 aliphatic rings. The Bertz CT molecular complexity index is 893. The zero-order chi connectivity index (χ0) is 22.2. The van der Waals surface area contributed by atoms with Crippen LogP contribution in [0.4, 0.5) is 5.69 Å². The Hall–Kier alpha value is -2.86. The lowest BCUT2D eigenvalue weighted by molar-refractivity contribution is -0.122. The van der Waals surface area contributed by atoms with E-state index in [0.717, 1.165) is 31.4 Å². The third-order valence-corrected chi connectivity index (χ3v) is 5.68. The molecule has 0 saturated carbocycles. The first kappa shape index (κ1) is 22.8. The smallest absolute Gasteiger partial charge is 0.265 e. The van der Waals surface area contributed by atoms with Gasteiger partial charge in [0.05, 0.1) is 17.4 Å². The third-order valence-electron chi connectivity index (χ3n) is 5.68. The van der Waals surface area contributed by atoms with Crippen LogP contribution in [0.15, 0.2) is 48.5 Å². The summed E-state index contributed by atoms with van der Waals surface area (Å²) in [4.78, 5) is 25.5. The molecule has 0 aliphatic carbocycles. The van der Waals surface area contributed by atoms with Gasteiger partial charge in [0.1, 0.15) is 5.75 Å². The fourth-order valence-electron chi connectivity index (χ4n) is 3.59. The maximum atomic E-state index is 12.8. The Labute approximate surface area is 184 Å². The lowest BCUT2D eigenvalue weighted by Gasteiger charge is -2.20. The molecule has 3 rings (SSSR count). The van der Waals surface area contributed by atoms with E-state index in [1.807, 2.05) is 24.3 Å². The molecule has 2 N–H and O–H groups in total. The van der Waals surface area contributed by atoms with Gasteiger partial charge in [-0.25, -0.2) is 0 Å². The predicted molar refractivity (Wildman–Crippen MR) is 122 cm³/mol. The fourth-order valence-corrected chi connectivity index (χ4v) is 3.59. The van der Waals surface area contributed by atoms with Crippen LogP contribution < -0.4 is 15.4 Å². The highest BCUT2D eigenvalue weighted by atomic mass is 16.5. The summed E-state index contributed by atoms with van der Waals surface area (Å²) in [5.41, 5.74) is 1.96. The Kier molecular flexibility index (Phi) is 8.06. The number of carbonyl (C=O) groups is 2. The zero-order valence-corrected chi connectivity index (χ0v) is 18.5. The van der Waals surface area contributed by atoms with Crippen LogP contribution in [0, 0.1) is 0 Å². The van der Waals surface area contributed by atoms with Gasteiger partial charge in [-0.1, -0.05) is 44.2 Å². The Morgan fingerprint density at radius 2 is 1.87 bits per heavy atom. The molecule has 2 aromatic rings. The van der Waals surface area contributed by atoms with Gasteiger partial charge in [-0.15, -0.1) is 0 Å². The lowest BCUT2D eigenvalue weighted by atomic mass is 9.98. The number of benzene rings is 2. The van der Waals surface area contributed by atoms with Crippen molar-refractivity contribution in [3.8, 4) is 5.75 Å². The minimum atomic E-state index is -0.715. The predicted octanol–water partition coefficient (Wildman–Crippen LogP) is 4.51. The van der Waals surface area contributed by atoms with Crippen LogP contribution in [-0.2, 0) is 9.53 Å². The van der Waals surface area contributed by atoms with E-state index < -0.39 is 6.10 Å². The first-order chi connectivity index (χ1) is 15.0. The summed E-state index contributed by atoms with van der Waals surface area (Å²) in [6.07, 6.45) is 2.30. The summed E-state index contributed by atoms with van der Waals surface area (Å²) in [5, 5.41) is 5.75. The molecule has 6 nitrogen and oxygen atoms in total. The molecule has 3 atom stereocenters. The number of hydrogen-bond acceptors (Lipinski definition) is 4. The normalized spacial score (nSPS) is 17.6. The molecule has 3 unspecified atom stereocenters. The van der Waals surface area contributed by atoms with Gasteiger partial charge >= 0.3 is 0 Å². The molecule has 0 aromatic heterocycles. The summed E-state index contributed by atoms with van der Waals surface area (Å²) < 4.78 is 11.5. The van der Waals surface area contributed by atoms with Gasteiger partial charge in [-0.3, -0.25) is 9.59 Å². The fraction of sp³-hybridized carbons (Fsp3) is 0.440. The van der Waals surface area contributed by atoms with E-state index in [1.54, 1.807) is 31.2 Å². The molecule has 1 fully saturated rings. The van der Waals surface area contributed by atoms with Gasteiger partial charge in [-0.05, 0) is 55.9 Å². The van der Waals surface area contributed by atoms with E-state index in [-0.39, 0.29) is 17.9 Å². The number of hydrogen-bond donors (Lipinski definition) is 2. The van der Waals surface area contributed by atoms with E-state index in [1.165, 1.54) is 0 Å². The van der Waals surface area contributed by atoms with Crippen molar-refractivity contribution in [2.24, 2.45) is 0 Å². The highest BCUT2D eigenvalue weighted by Gasteiger charge is 2.21. The maximum Gasteiger partial charge on any atom is 0.265 e. The zero-order valence-electron chi connectivity index (χ0n) is 18.5. The number of carbonyl (C=O) groups excluding carboxylic acids is 2. The third kappa shape index (κ3) is 6.07. The van der Waals surface area contributed by atoms with Crippen molar-refractivity contribution in [2.75, 3.05) is 18.5 Å². The average molecular weight is 425 g/mol. The molecule has 1 heterocycles. The van der Waals surface area contributed by atoms with Crippen LogP contribution in [0.3, 0.4) is 0 Å². The molecule has 2 amide bonds. The highest BCUT2D eigenvalue weighted by molar-refractivity contribution is 6.04. The molecule has 0 bridgehead atoms. The van der Waals surface area contributed by atoms with Crippen molar-refractivity contribution < 1.29 is 19.1 Å². The molecule has 166 valence electrons. The first-order valence-electron chi connectivity index (χ1n) is 11.0. The van der Waals surface area contributed by atoms with Crippen LogP contribution in [0.25, 0.3) is 0 Å². The number of amides is 2. The minimum Gasteiger partial charge on any atom is -0.481 e. The van der Waals surface area contributed by atoms with Crippen LogP contribution in [0.1, 0.15) is 61.9 Å². The molecule has 31 heavy (non-hydrogen) atoms. The molecule has 2 aromatic carbocycles. The second kappa shape index (κ2) is 11.0. The summed E-state index contributed by atoms with van der Waals surface area (Å²) in [5.74, 6) is 0.502. The van der Waals surface area contributed by atoms with Gasteiger partial charge in [0.15, 0.2) is 6.10 Å². The van der Waals surface area contributed by atoms with E-state index in [4.69, 9.17) is 9.47 Å². The maximum absolute atomic E-state index is 12.8. The lowest BCUT2D eigenvalue weighted by Crippen LogP contribution is -2.34. The van der Waals surface area contributed by atoms with Crippen molar-refractivity contribution in [3.63, 3.8) is 0 Å². The van der Waals surface area contributed by atoms with Crippen molar-refractivity contribution in [3.05, 3.63) is 59.7 Å². The van der Waals surface area contributed by atoms with E-state index in [2.05, 4.69) is 24.5 Å². The van der Waals surface area contributed by atoms with E-state index in [9.17, 15) is 9.59 Å². The van der Waals surface area contributed by atoms with Crippen LogP contribution >= 0.6 is 0 Å². The standard InChI is InChI=1S/C25H32N2O4/c1-4-17(2)20-11-6-8-14-23(20)31-18(3)24(28)27-22-13-7-5-12-21(22)25(29)26-16-19-10-9-15-30-19/h5-8,11-14,17-19H,4,9-10,15-16H2,1-3H3,(H,26,29)(H,27,28). The minimum absolute atomic E-state index is 0.0599. The summed E-state index contributed by atoms with van der Waals surface area (Å²) in [6, 6.07) is 14.8. The Morgan fingerprint density at radius 3 is 2.61 bits per heavy atom. The number of nitrogens with one attached hydrogen (secondary N) is 2. The van der Waals surface area contributed by atoms with Crippen LogP contribution in [0.5, 0.6) is 5.75 Å². The molecule has 1 saturated heterocycles. The van der Waals surface area contributed by atoms with E-state index in [0.29, 0.717) is 29.5 Å². The largest absolute Gasteiger partial charge is 0.481 e. The summed E-state index contributed by atoms with van der Waals surface area (Å²) >= 11 is 0. The molecule has 6 heteroatoms. The van der Waals surface area contributed by atoms with Gasteiger partial charge in [0.2, 0.25) is 0 Å². The van der Waals surface area contributed by atoms with Crippen LogP contribution in [-0.4, -0.2) is 37.2 Å². The van der Waals surface area contributed by atoms with Crippen molar-refractivity contribution in [2.45, 2.75) is 58.2 Å². The highest BCUT2D eigenvalue weighted by Crippen LogP contribution is 2.29. The van der Waals surface area contributed by atoms with Crippen molar-refractivity contribution in [1.82, 2.24) is 5.32 Å². The summed E-state index contributed by atoms with van der Waals surface area (Å²) in [6.45, 7) is 7.18. The summed E-state index contributed by atoms with van der Waals surface area (Å²) in [7, 11) is 0. The van der Waals surface area contributed by atoms with Crippen molar-refractivity contribution >= 4 is 17.5 Å². The van der Waals surface area contributed by atoms with Gasteiger partial charge in [0, 0.05) is 13.2 Å². The number of anilines is 1. The SMILES string of the molecule is CCC(C)c1ccccc1OC(C)C(=O)Nc1ccccc1C(=O)NCC1CCCO1. The number of rotatable bonds is 9. The molecule has 0 radical (unpaired) electrons. The second-order valence-corrected chi connectivity index (χ2v) is 7.99. The Morgan fingerprint density at radius 1 is 1.13 bits per heavy atom. The average Bonchev–Trinajstić information content (AvgIpc) is 3.31. The topological polar surface area (TPSA) is 76.7 Å². The van der Waals surface area contributed by atoms with Gasteiger partial charge in [-0.2, -0.15) is 0 Å². The van der Waals surface area contributed by atoms with Crippen molar-refractivity contribution in [1.29, 1.82) is 0 Å². The van der Waals surface area contributed by atoms with Gasteiger partial charge in [0.25, 0.3) is 11.8 Å². The molecule has 0 spiro atoms. The molecular formula is C25H32N2O4. The monoisotopic (exact) mass is 424 g/mol. The first-order valence-corrected chi connectivity index (χ1v) is 11.0. The van der Waals surface area contributed by atoms with Crippen LogP contribution in [0.2, 0.25) is 0 Å². The molecular weight excluding hydrogens is 392 g/mol. The molecule has 1 aliphatic heterocycles. The number of para-hydroxylation sites is 2. The second-order valence-electron chi connectivity index (χ2n) is 7.99. The quantitative estimate of drug-likeness (QED) is 0.621.